The number of carbonyl (C=O) groups excluding carboxylic acids is 2. The van der Waals surface area contributed by atoms with Crippen molar-refractivity contribution in [3.05, 3.63) is 78.1 Å². The van der Waals surface area contributed by atoms with Crippen molar-refractivity contribution in [2.75, 3.05) is 39.2 Å². The van der Waals surface area contributed by atoms with Crippen molar-refractivity contribution >= 4 is 27.5 Å². The molecule has 3 atom stereocenters. The highest BCUT2D eigenvalue weighted by atomic mass is 32.2. The minimum Gasteiger partial charge on any atom is -0.497 e. The number of carbonyl (C=O) groups is 2. The van der Waals surface area contributed by atoms with E-state index in [0.29, 0.717) is 17.0 Å². The van der Waals surface area contributed by atoms with Gasteiger partial charge in [0.15, 0.2) is 0 Å². The average molecular weight is 583 g/mol. The Balaban J connectivity index is 1.64. The fourth-order valence-electron chi connectivity index (χ4n) is 4.50. The van der Waals surface area contributed by atoms with Crippen LogP contribution in [0.15, 0.2) is 71.9 Å². The van der Waals surface area contributed by atoms with Gasteiger partial charge in [-0.3, -0.25) is 14.6 Å². The van der Waals surface area contributed by atoms with Crippen molar-refractivity contribution < 1.29 is 32.6 Å². The van der Waals surface area contributed by atoms with Crippen molar-refractivity contribution in [1.82, 2.24) is 14.2 Å². The third-order valence-electron chi connectivity index (χ3n) is 7.07. The van der Waals surface area contributed by atoms with Crippen LogP contribution in [0.2, 0.25) is 0 Å². The SMILES string of the molecule is COc1ccc(S(=O)(=O)N(C)C[C@H]2Oc3ccc(NC(=O)c4ccncc4)cc3C(=O)N([C@H](C)CO)C[C@H]2C)cc1. The van der Waals surface area contributed by atoms with Gasteiger partial charge in [-0.05, 0) is 61.5 Å². The molecule has 41 heavy (non-hydrogen) atoms. The molecule has 2 N–H and O–H groups in total. The number of methoxy groups -OCH3 is 1. The summed E-state index contributed by atoms with van der Waals surface area (Å²) in [6.45, 7) is 3.57. The Hall–Kier alpha value is -4.00. The van der Waals surface area contributed by atoms with E-state index in [0.717, 1.165) is 0 Å². The summed E-state index contributed by atoms with van der Waals surface area (Å²) in [5.74, 6) is -0.242. The molecule has 0 saturated carbocycles. The summed E-state index contributed by atoms with van der Waals surface area (Å²) < 4.78 is 39.3. The zero-order valence-electron chi connectivity index (χ0n) is 23.4. The van der Waals surface area contributed by atoms with Crippen LogP contribution >= 0.6 is 0 Å². The van der Waals surface area contributed by atoms with Gasteiger partial charge in [0.2, 0.25) is 10.0 Å². The zero-order chi connectivity index (χ0) is 29.7. The van der Waals surface area contributed by atoms with Gasteiger partial charge >= 0.3 is 0 Å². The lowest BCUT2D eigenvalue weighted by Crippen LogP contribution is -2.50. The lowest BCUT2D eigenvalue weighted by Gasteiger charge is -2.38. The highest BCUT2D eigenvalue weighted by Gasteiger charge is 2.35. The van der Waals surface area contributed by atoms with E-state index < -0.39 is 22.2 Å². The molecule has 1 aromatic heterocycles. The summed E-state index contributed by atoms with van der Waals surface area (Å²) in [5, 5.41) is 12.7. The number of anilines is 1. The molecule has 0 radical (unpaired) electrons. The first-order valence-corrected chi connectivity index (χ1v) is 14.5. The number of aromatic nitrogens is 1. The lowest BCUT2D eigenvalue weighted by molar-refractivity contribution is 0.0387. The summed E-state index contributed by atoms with van der Waals surface area (Å²) in [6.07, 6.45) is 2.38. The fourth-order valence-corrected chi connectivity index (χ4v) is 5.69. The second kappa shape index (κ2) is 12.7. The molecule has 0 fully saturated rings. The number of ether oxygens (including phenoxy) is 2. The van der Waals surface area contributed by atoms with E-state index in [1.807, 2.05) is 6.92 Å². The molecule has 0 saturated heterocycles. The average Bonchev–Trinajstić information content (AvgIpc) is 2.99. The van der Waals surface area contributed by atoms with Crippen LogP contribution in [0.1, 0.15) is 34.6 Å². The predicted molar refractivity (Wildman–Crippen MR) is 153 cm³/mol. The van der Waals surface area contributed by atoms with Gasteiger partial charge in [0.1, 0.15) is 17.6 Å². The van der Waals surface area contributed by atoms with Crippen LogP contribution < -0.4 is 14.8 Å². The minimum atomic E-state index is -3.85. The van der Waals surface area contributed by atoms with E-state index in [9.17, 15) is 23.1 Å². The number of pyridine rings is 1. The number of fused-ring (bicyclic) bond motifs is 1. The number of rotatable bonds is 9. The Morgan fingerprint density at radius 1 is 1.20 bits per heavy atom. The van der Waals surface area contributed by atoms with Crippen molar-refractivity contribution in [3.8, 4) is 11.5 Å². The first kappa shape index (κ1) is 30.0. The van der Waals surface area contributed by atoms with Crippen LogP contribution in [-0.2, 0) is 10.0 Å². The van der Waals surface area contributed by atoms with Gasteiger partial charge in [0.25, 0.3) is 11.8 Å². The van der Waals surface area contributed by atoms with Gasteiger partial charge in [-0.1, -0.05) is 6.92 Å². The normalized spacial score (nSPS) is 18.1. The summed E-state index contributed by atoms with van der Waals surface area (Å²) in [7, 11) is -0.869. The molecule has 0 unspecified atom stereocenters. The Labute approximate surface area is 239 Å². The molecule has 1 aliphatic heterocycles. The largest absolute Gasteiger partial charge is 0.497 e. The maximum atomic E-state index is 13.7. The number of hydrogen-bond acceptors (Lipinski definition) is 8. The Bertz CT molecular complexity index is 1480. The number of aliphatic hydroxyl groups is 1. The molecule has 3 aromatic rings. The monoisotopic (exact) mass is 582 g/mol. The molecule has 0 aliphatic carbocycles. The number of nitrogens with zero attached hydrogens (tertiary/aromatic N) is 3. The summed E-state index contributed by atoms with van der Waals surface area (Å²) in [6, 6.07) is 13.5. The molecular formula is C29H34N4O7S. The second-order valence-electron chi connectivity index (χ2n) is 9.98. The quantitative estimate of drug-likeness (QED) is 0.393. The van der Waals surface area contributed by atoms with Gasteiger partial charge in [-0.2, -0.15) is 4.31 Å². The molecule has 2 amide bonds. The van der Waals surface area contributed by atoms with Crippen molar-refractivity contribution in [2.24, 2.45) is 5.92 Å². The van der Waals surface area contributed by atoms with Crippen LogP contribution in [-0.4, -0.2) is 85.5 Å². The first-order valence-electron chi connectivity index (χ1n) is 13.1. The van der Waals surface area contributed by atoms with Gasteiger partial charge in [0, 0.05) is 43.2 Å². The topological polar surface area (TPSA) is 138 Å². The highest BCUT2D eigenvalue weighted by molar-refractivity contribution is 7.89. The Morgan fingerprint density at radius 2 is 1.88 bits per heavy atom. The molecule has 4 rings (SSSR count). The second-order valence-corrected chi connectivity index (χ2v) is 12.0. The fraction of sp³-hybridized carbons (Fsp3) is 0.345. The number of sulfonamides is 1. The first-order chi connectivity index (χ1) is 19.5. The van der Waals surface area contributed by atoms with Crippen molar-refractivity contribution in [3.63, 3.8) is 0 Å². The van der Waals surface area contributed by atoms with Gasteiger partial charge in [-0.15, -0.1) is 0 Å². The molecule has 2 aromatic carbocycles. The molecule has 1 aliphatic rings. The Morgan fingerprint density at radius 3 is 2.51 bits per heavy atom. The number of benzene rings is 2. The van der Waals surface area contributed by atoms with E-state index >= 15 is 0 Å². The van der Waals surface area contributed by atoms with Crippen LogP contribution in [0.5, 0.6) is 11.5 Å². The number of aliphatic hydroxyl groups excluding tert-OH is 1. The van der Waals surface area contributed by atoms with E-state index in [1.54, 1.807) is 48.2 Å². The van der Waals surface area contributed by atoms with Crippen LogP contribution in [0.4, 0.5) is 5.69 Å². The zero-order valence-corrected chi connectivity index (χ0v) is 24.2. The maximum Gasteiger partial charge on any atom is 0.258 e. The molecule has 0 spiro atoms. The third kappa shape index (κ3) is 6.67. The molecular weight excluding hydrogens is 548 g/mol. The Kier molecular flexibility index (Phi) is 9.26. The lowest BCUT2D eigenvalue weighted by atomic mass is 9.99. The standard InChI is InChI=1S/C29H34N4O7S/c1-19-16-33(20(2)18-34)29(36)25-15-22(31-28(35)21-11-13-30-14-12-21)5-10-26(25)40-27(19)17-32(3)41(37,38)24-8-6-23(39-4)7-9-24/h5-15,19-20,27,34H,16-18H2,1-4H3,(H,31,35)/t19-,20-,27-/m1/s1. The molecule has 12 heteroatoms. The van der Waals surface area contributed by atoms with Gasteiger partial charge < -0.3 is 24.8 Å². The summed E-state index contributed by atoms with van der Waals surface area (Å²) >= 11 is 0. The molecule has 11 nitrogen and oxygen atoms in total. The summed E-state index contributed by atoms with van der Waals surface area (Å²) in [5.41, 5.74) is 0.971. The smallest absolute Gasteiger partial charge is 0.258 e. The number of amides is 2. The van der Waals surface area contributed by atoms with E-state index in [1.165, 1.54) is 49.1 Å². The van der Waals surface area contributed by atoms with Gasteiger partial charge in [-0.25, -0.2) is 8.42 Å². The summed E-state index contributed by atoms with van der Waals surface area (Å²) in [4.78, 5) is 31.9. The van der Waals surface area contributed by atoms with E-state index in [2.05, 4.69) is 10.3 Å². The third-order valence-corrected chi connectivity index (χ3v) is 8.91. The highest BCUT2D eigenvalue weighted by Crippen LogP contribution is 2.31. The van der Waals surface area contributed by atoms with Crippen molar-refractivity contribution in [1.29, 1.82) is 0 Å². The molecule has 218 valence electrons. The van der Waals surface area contributed by atoms with E-state index in [-0.39, 0.29) is 53.6 Å². The van der Waals surface area contributed by atoms with Crippen LogP contribution in [0.25, 0.3) is 0 Å². The molecule has 2 heterocycles. The number of nitrogens with one attached hydrogen (secondary N) is 1. The minimum absolute atomic E-state index is 0.00500. The predicted octanol–water partition coefficient (Wildman–Crippen LogP) is 2.88. The van der Waals surface area contributed by atoms with E-state index in [4.69, 9.17) is 9.47 Å². The van der Waals surface area contributed by atoms with Gasteiger partial charge in [0.05, 0.1) is 36.8 Å². The maximum absolute atomic E-state index is 13.7. The molecule has 0 bridgehead atoms. The number of hydrogen-bond donors (Lipinski definition) is 2. The van der Waals surface area contributed by atoms with Crippen molar-refractivity contribution in [2.45, 2.75) is 30.9 Å². The van der Waals surface area contributed by atoms with Crippen LogP contribution in [0, 0.1) is 5.92 Å². The number of likely N-dealkylation sites (N-methyl/N-ethyl adjacent to an activating group) is 1. The van der Waals surface area contributed by atoms with Crippen LogP contribution in [0.3, 0.4) is 0 Å².